The van der Waals surface area contributed by atoms with Crippen molar-refractivity contribution in [3.63, 3.8) is 0 Å². The third kappa shape index (κ3) is 2.21. The van der Waals surface area contributed by atoms with Gasteiger partial charge >= 0.3 is 5.97 Å². The van der Waals surface area contributed by atoms with Crippen molar-refractivity contribution in [1.29, 1.82) is 0 Å². The minimum Gasteiger partial charge on any atom is -0.480 e. The molecule has 0 aliphatic carbocycles. The Kier molecular flexibility index (Phi) is 3.57. The molecule has 5 heteroatoms. The molecule has 0 fully saturated rings. The predicted molar refractivity (Wildman–Crippen MR) is 74.1 cm³/mol. The first kappa shape index (κ1) is 13.5. The molecule has 2 aromatic rings. The number of benzene rings is 1. The largest absolute Gasteiger partial charge is 0.480 e. The lowest BCUT2D eigenvalue weighted by Gasteiger charge is -2.16. The highest BCUT2D eigenvalue weighted by Gasteiger charge is 2.23. The quantitative estimate of drug-likeness (QED) is 0.883. The van der Waals surface area contributed by atoms with E-state index < -0.39 is 12.0 Å². The van der Waals surface area contributed by atoms with Crippen LogP contribution in [0.25, 0.3) is 11.0 Å². The number of aliphatic carboxylic acids is 1. The second-order valence-electron chi connectivity index (χ2n) is 4.79. The molecule has 0 spiro atoms. The predicted octanol–water partition coefficient (Wildman–Crippen LogP) is 2.15. The second-order valence-corrected chi connectivity index (χ2v) is 4.79. The van der Waals surface area contributed by atoms with Gasteiger partial charge in [0.15, 0.2) is 0 Å². The fourth-order valence-corrected chi connectivity index (χ4v) is 2.36. The molecule has 2 rings (SSSR count). The summed E-state index contributed by atoms with van der Waals surface area (Å²) >= 11 is 0. The molecular formula is C14H19N3O2. The molecule has 0 aliphatic heterocycles. The molecule has 3 N–H and O–H groups in total. The maximum absolute atomic E-state index is 11.4. The number of hydrogen-bond acceptors (Lipinski definition) is 3. The first-order chi connectivity index (χ1) is 8.99. The highest BCUT2D eigenvalue weighted by Crippen LogP contribution is 2.26. The van der Waals surface area contributed by atoms with Gasteiger partial charge in [-0.05, 0) is 43.5 Å². The third-order valence-corrected chi connectivity index (χ3v) is 3.54. The minimum atomic E-state index is -0.852. The zero-order valence-corrected chi connectivity index (χ0v) is 11.5. The molecule has 102 valence electrons. The van der Waals surface area contributed by atoms with Crippen LogP contribution < -0.4 is 5.73 Å². The van der Waals surface area contributed by atoms with Crippen LogP contribution in [-0.2, 0) is 11.3 Å². The van der Waals surface area contributed by atoms with Crippen molar-refractivity contribution in [2.75, 3.05) is 0 Å². The average Bonchev–Trinajstić information content (AvgIpc) is 2.69. The van der Waals surface area contributed by atoms with Crippen molar-refractivity contribution >= 4 is 17.0 Å². The highest BCUT2D eigenvalue weighted by atomic mass is 16.4. The van der Waals surface area contributed by atoms with Crippen LogP contribution in [0, 0.1) is 13.8 Å². The molecule has 1 aromatic heterocycles. The fourth-order valence-electron chi connectivity index (χ4n) is 2.36. The van der Waals surface area contributed by atoms with E-state index in [9.17, 15) is 9.90 Å². The molecule has 0 bridgehead atoms. The van der Waals surface area contributed by atoms with Crippen molar-refractivity contribution < 1.29 is 9.90 Å². The van der Waals surface area contributed by atoms with Gasteiger partial charge in [-0.1, -0.05) is 6.92 Å². The van der Waals surface area contributed by atoms with Crippen molar-refractivity contribution in [1.82, 2.24) is 9.55 Å². The standard InChI is InChI=1S/C14H19N3O2/c1-4-11(14(18)19)17-12-6-9(3)8(2)5-10(12)16-13(17)7-15/h5-6,11H,4,7,15H2,1-3H3,(H,18,19). The first-order valence-electron chi connectivity index (χ1n) is 6.40. The van der Waals surface area contributed by atoms with Gasteiger partial charge < -0.3 is 15.4 Å². The summed E-state index contributed by atoms with van der Waals surface area (Å²) in [6, 6.07) is 3.35. The average molecular weight is 261 g/mol. The van der Waals surface area contributed by atoms with Crippen molar-refractivity contribution in [3.8, 4) is 0 Å². The SMILES string of the molecule is CCC(C(=O)O)n1c(CN)nc2cc(C)c(C)cc21. The number of rotatable bonds is 4. The maximum atomic E-state index is 11.4. The van der Waals surface area contributed by atoms with Crippen LogP contribution in [0.1, 0.15) is 36.3 Å². The Morgan fingerprint density at radius 2 is 2.05 bits per heavy atom. The molecular weight excluding hydrogens is 242 g/mol. The molecule has 0 saturated carbocycles. The van der Waals surface area contributed by atoms with Gasteiger partial charge in [0, 0.05) is 0 Å². The first-order valence-corrected chi connectivity index (χ1v) is 6.40. The van der Waals surface area contributed by atoms with E-state index in [0.29, 0.717) is 12.2 Å². The number of nitrogens with zero attached hydrogens (tertiary/aromatic N) is 2. The van der Waals surface area contributed by atoms with Gasteiger partial charge in [0.2, 0.25) is 0 Å². The smallest absolute Gasteiger partial charge is 0.326 e. The van der Waals surface area contributed by atoms with E-state index in [4.69, 9.17) is 5.73 Å². The Morgan fingerprint density at radius 1 is 1.42 bits per heavy atom. The molecule has 1 aromatic carbocycles. The summed E-state index contributed by atoms with van der Waals surface area (Å²) in [6.45, 7) is 6.11. The van der Waals surface area contributed by atoms with Gasteiger partial charge in [-0.3, -0.25) is 0 Å². The van der Waals surface area contributed by atoms with E-state index in [-0.39, 0.29) is 6.54 Å². The summed E-state index contributed by atoms with van der Waals surface area (Å²) in [5.41, 5.74) is 9.63. The molecule has 0 amide bonds. The van der Waals surface area contributed by atoms with Crippen molar-refractivity contribution in [3.05, 3.63) is 29.1 Å². The second kappa shape index (κ2) is 5.01. The van der Waals surface area contributed by atoms with E-state index in [2.05, 4.69) is 4.98 Å². The van der Waals surface area contributed by atoms with E-state index in [1.165, 1.54) is 0 Å². The highest BCUT2D eigenvalue weighted by molar-refractivity contribution is 5.81. The monoisotopic (exact) mass is 261 g/mol. The van der Waals surface area contributed by atoms with E-state index in [0.717, 1.165) is 22.2 Å². The summed E-state index contributed by atoms with van der Waals surface area (Å²) in [5, 5.41) is 9.36. The van der Waals surface area contributed by atoms with E-state index in [1.807, 2.05) is 32.9 Å². The van der Waals surface area contributed by atoms with E-state index in [1.54, 1.807) is 4.57 Å². The topological polar surface area (TPSA) is 81.1 Å². The number of aryl methyl sites for hydroxylation is 2. The number of hydrogen-bond donors (Lipinski definition) is 2. The molecule has 19 heavy (non-hydrogen) atoms. The number of nitrogens with two attached hydrogens (primary N) is 1. The number of fused-ring (bicyclic) bond motifs is 1. The van der Waals surface area contributed by atoms with Crippen LogP contribution in [0.15, 0.2) is 12.1 Å². The molecule has 5 nitrogen and oxygen atoms in total. The number of imidazole rings is 1. The van der Waals surface area contributed by atoms with Gasteiger partial charge in [-0.15, -0.1) is 0 Å². The summed E-state index contributed by atoms with van der Waals surface area (Å²) in [5.74, 6) is -0.232. The molecule has 0 radical (unpaired) electrons. The number of carboxylic acids is 1. The Bertz CT molecular complexity index is 631. The van der Waals surface area contributed by atoms with Gasteiger partial charge in [0.1, 0.15) is 11.9 Å². The normalized spacial score (nSPS) is 12.8. The van der Waals surface area contributed by atoms with Crippen LogP contribution in [-0.4, -0.2) is 20.6 Å². The van der Waals surface area contributed by atoms with Gasteiger partial charge in [-0.2, -0.15) is 0 Å². The summed E-state index contributed by atoms with van der Waals surface area (Å²) in [6.07, 6.45) is 0.501. The number of aromatic nitrogens is 2. The van der Waals surface area contributed by atoms with Gasteiger partial charge in [-0.25, -0.2) is 9.78 Å². The lowest BCUT2D eigenvalue weighted by Crippen LogP contribution is -2.21. The third-order valence-electron chi connectivity index (χ3n) is 3.54. The number of carboxylic acid groups (broad SMARTS) is 1. The van der Waals surface area contributed by atoms with Crippen molar-refractivity contribution in [2.24, 2.45) is 5.73 Å². The van der Waals surface area contributed by atoms with Crippen LogP contribution >= 0.6 is 0 Å². The molecule has 0 saturated heterocycles. The Morgan fingerprint density at radius 3 is 2.58 bits per heavy atom. The number of carbonyl (C=O) groups is 1. The molecule has 1 heterocycles. The summed E-state index contributed by atoms with van der Waals surface area (Å²) in [4.78, 5) is 15.9. The van der Waals surface area contributed by atoms with Gasteiger partial charge in [0.05, 0.1) is 17.6 Å². The Hall–Kier alpha value is -1.88. The lowest BCUT2D eigenvalue weighted by molar-refractivity contribution is -0.140. The van der Waals surface area contributed by atoms with Crippen LogP contribution in [0.5, 0.6) is 0 Å². The summed E-state index contributed by atoms with van der Waals surface area (Å²) < 4.78 is 1.75. The minimum absolute atomic E-state index is 0.233. The summed E-state index contributed by atoms with van der Waals surface area (Å²) in [7, 11) is 0. The Balaban J connectivity index is 2.76. The maximum Gasteiger partial charge on any atom is 0.326 e. The fraction of sp³-hybridized carbons (Fsp3) is 0.429. The van der Waals surface area contributed by atoms with Crippen LogP contribution in [0.3, 0.4) is 0 Å². The Labute approximate surface area is 112 Å². The van der Waals surface area contributed by atoms with Crippen LogP contribution in [0.4, 0.5) is 0 Å². The zero-order valence-electron chi connectivity index (χ0n) is 11.5. The lowest BCUT2D eigenvalue weighted by atomic mass is 10.1. The van der Waals surface area contributed by atoms with Gasteiger partial charge in [0.25, 0.3) is 0 Å². The van der Waals surface area contributed by atoms with E-state index >= 15 is 0 Å². The van der Waals surface area contributed by atoms with Crippen LogP contribution in [0.2, 0.25) is 0 Å². The molecule has 0 aliphatic rings. The molecule has 1 unspecified atom stereocenters. The van der Waals surface area contributed by atoms with Crippen molar-refractivity contribution in [2.45, 2.75) is 39.8 Å². The molecule has 1 atom stereocenters. The zero-order chi connectivity index (χ0) is 14.2.